The lowest BCUT2D eigenvalue weighted by molar-refractivity contribution is 0.0890. The van der Waals surface area contributed by atoms with Crippen LogP contribution in [-0.2, 0) is 0 Å². The Bertz CT molecular complexity index is 827. The van der Waals surface area contributed by atoms with Gasteiger partial charge in [-0.1, -0.05) is 30.3 Å². The van der Waals surface area contributed by atoms with Crippen LogP contribution < -0.4 is 0 Å². The Labute approximate surface area is 133 Å². The van der Waals surface area contributed by atoms with Gasteiger partial charge < -0.3 is 0 Å². The average molecular weight is 310 g/mol. The summed E-state index contributed by atoms with van der Waals surface area (Å²) in [7, 11) is 3.43. The smallest absolute Gasteiger partial charge is 0.210 e. The second kappa shape index (κ2) is 5.85. The summed E-state index contributed by atoms with van der Waals surface area (Å²) < 4.78 is 13.4. The number of aliphatic imine (C=N–C) groups is 1. The van der Waals surface area contributed by atoms with Crippen molar-refractivity contribution >= 4 is 23.0 Å². The van der Waals surface area contributed by atoms with Crippen molar-refractivity contribution in [2.75, 3.05) is 14.1 Å². The number of carbonyl (C=O) groups is 2. The molecular weight excluding hydrogens is 295 g/mol. The number of fused-ring (bicyclic) bond motifs is 1. The molecule has 5 heteroatoms. The first-order valence-corrected chi connectivity index (χ1v) is 7.17. The third kappa shape index (κ3) is 2.71. The molecule has 0 saturated carbocycles. The highest BCUT2D eigenvalue weighted by Gasteiger charge is 2.39. The molecule has 4 nitrogen and oxygen atoms in total. The number of likely N-dealkylation sites (N-methyl/N-ethyl adjacent to an activating group) is 1. The van der Waals surface area contributed by atoms with Crippen molar-refractivity contribution in [1.82, 2.24) is 4.90 Å². The number of rotatable bonds is 2. The molecule has 0 saturated heterocycles. The van der Waals surface area contributed by atoms with Gasteiger partial charge in [-0.05, 0) is 32.3 Å². The zero-order valence-electron chi connectivity index (χ0n) is 12.8. The number of ketones is 2. The van der Waals surface area contributed by atoms with Gasteiger partial charge in [0, 0.05) is 11.1 Å². The predicted molar refractivity (Wildman–Crippen MR) is 86.1 cm³/mol. The zero-order valence-corrected chi connectivity index (χ0v) is 12.8. The highest BCUT2D eigenvalue weighted by Crippen LogP contribution is 2.25. The molecule has 0 aromatic heterocycles. The molecule has 1 aliphatic carbocycles. The third-order valence-electron chi connectivity index (χ3n) is 3.75. The summed E-state index contributed by atoms with van der Waals surface area (Å²) in [6.07, 6.45) is 0. The van der Waals surface area contributed by atoms with Gasteiger partial charge in [0.25, 0.3) is 0 Å². The van der Waals surface area contributed by atoms with Crippen molar-refractivity contribution in [1.29, 1.82) is 0 Å². The van der Waals surface area contributed by atoms with E-state index in [9.17, 15) is 14.0 Å². The molecule has 0 amide bonds. The van der Waals surface area contributed by atoms with Gasteiger partial charge in [-0.3, -0.25) is 14.5 Å². The van der Waals surface area contributed by atoms with Crippen LogP contribution in [-0.4, -0.2) is 42.3 Å². The molecule has 3 rings (SSSR count). The van der Waals surface area contributed by atoms with Gasteiger partial charge in [-0.15, -0.1) is 0 Å². The number of carbonyl (C=O) groups excluding carboxylic acids is 2. The Balaban J connectivity index is 2.18. The van der Waals surface area contributed by atoms with E-state index in [2.05, 4.69) is 4.99 Å². The minimum absolute atomic E-state index is 0.115. The lowest BCUT2D eigenvalue weighted by atomic mass is 9.84. The molecule has 0 spiro atoms. The molecule has 0 bridgehead atoms. The van der Waals surface area contributed by atoms with E-state index in [0.29, 0.717) is 16.8 Å². The minimum atomic E-state index is -0.777. The van der Waals surface area contributed by atoms with E-state index in [-0.39, 0.29) is 17.3 Å². The summed E-state index contributed by atoms with van der Waals surface area (Å²) in [5, 5.41) is 0. The van der Waals surface area contributed by atoms with Gasteiger partial charge >= 0.3 is 0 Å². The van der Waals surface area contributed by atoms with Gasteiger partial charge in [0.2, 0.25) is 5.78 Å². The van der Waals surface area contributed by atoms with Gasteiger partial charge in [-0.2, -0.15) is 0 Å². The fourth-order valence-corrected chi connectivity index (χ4v) is 2.71. The number of halogens is 1. The molecule has 2 aromatic carbocycles. The monoisotopic (exact) mass is 310 g/mol. The summed E-state index contributed by atoms with van der Waals surface area (Å²) in [6.45, 7) is 0. The Kier molecular flexibility index (Phi) is 3.88. The van der Waals surface area contributed by atoms with Crippen molar-refractivity contribution in [2.24, 2.45) is 4.99 Å². The first-order chi connectivity index (χ1) is 11.0. The summed E-state index contributed by atoms with van der Waals surface area (Å²) in [6, 6.07) is 11.6. The number of Topliss-reactive ketones (excluding diaryl/α,β-unsaturated/α-hetero) is 2. The maximum Gasteiger partial charge on any atom is 0.210 e. The number of benzene rings is 2. The van der Waals surface area contributed by atoms with Crippen molar-refractivity contribution in [3.63, 3.8) is 0 Å². The highest BCUT2D eigenvalue weighted by atomic mass is 19.1. The number of hydrogen-bond donors (Lipinski definition) is 0. The summed E-state index contributed by atoms with van der Waals surface area (Å²) >= 11 is 0. The molecule has 1 atom stereocenters. The van der Waals surface area contributed by atoms with Crippen molar-refractivity contribution in [3.05, 3.63) is 65.5 Å². The van der Waals surface area contributed by atoms with Crippen LogP contribution in [0.25, 0.3) is 0 Å². The second-order valence-electron chi connectivity index (χ2n) is 5.58. The molecule has 1 aliphatic rings. The average Bonchev–Trinajstić information content (AvgIpc) is 2.52. The molecule has 116 valence electrons. The topological polar surface area (TPSA) is 49.7 Å². The second-order valence-corrected chi connectivity index (χ2v) is 5.58. The van der Waals surface area contributed by atoms with Gasteiger partial charge in [0.15, 0.2) is 5.78 Å². The van der Waals surface area contributed by atoms with Crippen LogP contribution in [0.5, 0.6) is 0 Å². The molecule has 1 unspecified atom stereocenters. The Morgan fingerprint density at radius 2 is 1.70 bits per heavy atom. The standard InChI is InChI=1S/C18H15FN2O2/c1-21(2)16-15(20-12-7-5-6-11(19)10-12)17(22)13-8-3-4-9-14(13)18(16)23/h3-10,16H,1-2H3. The third-order valence-corrected chi connectivity index (χ3v) is 3.75. The predicted octanol–water partition coefficient (Wildman–Crippen LogP) is 2.91. The van der Waals surface area contributed by atoms with Gasteiger partial charge in [-0.25, -0.2) is 9.38 Å². The first kappa shape index (κ1) is 15.2. The molecule has 2 aromatic rings. The van der Waals surface area contributed by atoms with E-state index in [1.807, 2.05) is 0 Å². The Morgan fingerprint density at radius 3 is 2.35 bits per heavy atom. The van der Waals surface area contributed by atoms with Crippen molar-refractivity contribution < 1.29 is 14.0 Å². The lowest BCUT2D eigenvalue weighted by Crippen LogP contribution is -2.49. The van der Waals surface area contributed by atoms with E-state index in [0.717, 1.165) is 0 Å². The quantitative estimate of drug-likeness (QED) is 0.857. The zero-order chi connectivity index (χ0) is 16.6. The van der Waals surface area contributed by atoms with E-state index in [1.54, 1.807) is 49.3 Å². The Morgan fingerprint density at radius 1 is 1.00 bits per heavy atom. The molecule has 0 aliphatic heterocycles. The van der Waals surface area contributed by atoms with Crippen LogP contribution in [0.1, 0.15) is 20.7 Å². The molecule has 0 radical (unpaired) electrons. The fraction of sp³-hybridized carbons (Fsp3) is 0.167. The van der Waals surface area contributed by atoms with Gasteiger partial charge in [0.05, 0.1) is 5.69 Å². The van der Waals surface area contributed by atoms with Crippen molar-refractivity contribution in [3.8, 4) is 0 Å². The molecule has 0 fully saturated rings. The molecule has 0 N–H and O–H groups in total. The maximum atomic E-state index is 13.4. The van der Waals surface area contributed by atoms with Crippen LogP contribution in [0.15, 0.2) is 53.5 Å². The molecule has 0 heterocycles. The Hall–Kier alpha value is -2.66. The largest absolute Gasteiger partial charge is 0.294 e. The van der Waals surface area contributed by atoms with Gasteiger partial charge in [0.1, 0.15) is 17.6 Å². The maximum absolute atomic E-state index is 13.4. The summed E-state index contributed by atoms with van der Waals surface area (Å²) in [4.78, 5) is 31.4. The summed E-state index contributed by atoms with van der Waals surface area (Å²) in [5.41, 5.74) is 1.16. The number of hydrogen-bond acceptors (Lipinski definition) is 4. The molecular formula is C18H15FN2O2. The van der Waals surface area contributed by atoms with E-state index >= 15 is 0 Å². The fourth-order valence-electron chi connectivity index (χ4n) is 2.71. The SMILES string of the molecule is CN(C)C1C(=O)c2ccccc2C(=O)C1=Nc1cccc(F)c1. The highest BCUT2D eigenvalue weighted by molar-refractivity contribution is 6.55. The van der Waals surface area contributed by atoms with E-state index in [1.165, 1.54) is 18.2 Å². The van der Waals surface area contributed by atoms with Crippen LogP contribution in [0.4, 0.5) is 10.1 Å². The molecule has 23 heavy (non-hydrogen) atoms. The number of nitrogens with zero attached hydrogens (tertiary/aromatic N) is 2. The normalized spacial score (nSPS) is 19.3. The van der Waals surface area contributed by atoms with Crippen LogP contribution >= 0.6 is 0 Å². The van der Waals surface area contributed by atoms with E-state index < -0.39 is 11.9 Å². The van der Waals surface area contributed by atoms with E-state index in [4.69, 9.17) is 0 Å². The van der Waals surface area contributed by atoms with Crippen molar-refractivity contribution in [2.45, 2.75) is 6.04 Å². The van der Waals surface area contributed by atoms with Crippen LogP contribution in [0, 0.1) is 5.82 Å². The first-order valence-electron chi connectivity index (χ1n) is 7.17. The lowest BCUT2D eigenvalue weighted by Gasteiger charge is -2.28. The van der Waals surface area contributed by atoms with Crippen LogP contribution in [0.3, 0.4) is 0 Å². The summed E-state index contributed by atoms with van der Waals surface area (Å²) in [5.74, 6) is -0.924. The van der Waals surface area contributed by atoms with Crippen LogP contribution in [0.2, 0.25) is 0 Å². The minimum Gasteiger partial charge on any atom is -0.294 e.